The third-order valence-electron chi connectivity index (χ3n) is 3.13. The van der Waals surface area contributed by atoms with E-state index in [1.165, 1.54) is 6.08 Å². The van der Waals surface area contributed by atoms with Crippen molar-refractivity contribution in [3.8, 4) is 0 Å². The molecule has 0 radical (unpaired) electrons. The number of ether oxygens (including phenoxy) is 1. The first kappa shape index (κ1) is 17.0. The minimum atomic E-state index is -0.829. The first-order valence-electron chi connectivity index (χ1n) is 7.30. The molecule has 1 N–H and O–H groups in total. The second-order valence-corrected chi connectivity index (χ2v) is 6.16. The Balaban J connectivity index is 1.80. The summed E-state index contributed by atoms with van der Waals surface area (Å²) in [5.74, 6) is -0.846. The molecule has 0 aliphatic rings. The summed E-state index contributed by atoms with van der Waals surface area (Å²) < 4.78 is 5.10. The molecule has 5 heteroatoms. The molecule has 120 valence electrons. The van der Waals surface area contributed by atoms with Gasteiger partial charge in [-0.15, -0.1) is 11.3 Å². The first-order valence-corrected chi connectivity index (χ1v) is 8.18. The van der Waals surface area contributed by atoms with Crippen LogP contribution in [0.1, 0.15) is 22.9 Å². The normalized spacial score (nSPS) is 12.1. The number of carbonyl (C=O) groups is 2. The number of aryl methyl sites for hydroxylation is 1. The summed E-state index contributed by atoms with van der Waals surface area (Å²) in [6, 6.07) is 11.6. The van der Waals surface area contributed by atoms with Crippen LogP contribution in [0.4, 0.5) is 0 Å². The van der Waals surface area contributed by atoms with Crippen LogP contribution in [-0.4, -0.2) is 18.0 Å². The molecule has 0 bridgehead atoms. The second kappa shape index (κ2) is 8.29. The van der Waals surface area contributed by atoms with Crippen molar-refractivity contribution in [2.24, 2.45) is 0 Å². The van der Waals surface area contributed by atoms with E-state index in [0.717, 1.165) is 16.0 Å². The monoisotopic (exact) mass is 329 g/mol. The average Bonchev–Trinajstić information content (AvgIpc) is 3.04. The number of hydrogen-bond donors (Lipinski definition) is 1. The van der Waals surface area contributed by atoms with Crippen molar-refractivity contribution in [3.63, 3.8) is 0 Å². The molecule has 1 aromatic heterocycles. The van der Waals surface area contributed by atoms with Gasteiger partial charge in [0.25, 0.3) is 5.91 Å². The molecule has 0 saturated heterocycles. The van der Waals surface area contributed by atoms with Gasteiger partial charge in [0.1, 0.15) is 0 Å². The van der Waals surface area contributed by atoms with Gasteiger partial charge in [0.05, 0.1) is 6.54 Å². The van der Waals surface area contributed by atoms with Gasteiger partial charge in [-0.05, 0) is 36.9 Å². The van der Waals surface area contributed by atoms with Crippen molar-refractivity contribution >= 4 is 29.3 Å². The van der Waals surface area contributed by atoms with Gasteiger partial charge < -0.3 is 10.1 Å². The molecular formula is C18H19NO3S. The fourth-order valence-electron chi connectivity index (χ4n) is 1.94. The summed E-state index contributed by atoms with van der Waals surface area (Å²) in [7, 11) is 0. The van der Waals surface area contributed by atoms with E-state index in [0.29, 0.717) is 6.54 Å². The number of amides is 1. The highest BCUT2D eigenvalue weighted by Gasteiger charge is 2.16. The van der Waals surface area contributed by atoms with Crippen LogP contribution in [0.3, 0.4) is 0 Å². The number of nitrogens with one attached hydrogen (secondary N) is 1. The lowest BCUT2D eigenvalue weighted by atomic mass is 10.1. The highest BCUT2D eigenvalue weighted by Crippen LogP contribution is 2.08. The fourth-order valence-corrected chi connectivity index (χ4v) is 2.58. The number of thiophene rings is 1. The molecule has 0 aliphatic heterocycles. The molecule has 1 heterocycles. The lowest BCUT2D eigenvalue weighted by molar-refractivity contribution is -0.150. The van der Waals surface area contributed by atoms with Crippen molar-refractivity contribution in [2.45, 2.75) is 26.5 Å². The number of carbonyl (C=O) groups excluding carboxylic acids is 2. The molecule has 23 heavy (non-hydrogen) atoms. The lowest BCUT2D eigenvalue weighted by Crippen LogP contribution is -2.34. The minimum absolute atomic E-state index is 0.310. The van der Waals surface area contributed by atoms with Gasteiger partial charge in [-0.2, -0.15) is 0 Å². The molecule has 4 nitrogen and oxygen atoms in total. The number of esters is 1. The van der Waals surface area contributed by atoms with Gasteiger partial charge in [0.15, 0.2) is 6.10 Å². The van der Waals surface area contributed by atoms with Crippen LogP contribution < -0.4 is 5.32 Å². The molecule has 1 amide bonds. The first-order chi connectivity index (χ1) is 11.0. The SMILES string of the molecule is Cc1cccc(/C=C/C(=O)O[C@H](C)C(=O)NCc2cccs2)c1. The predicted octanol–water partition coefficient (Wildman–Crippen LogP) is 3.32. The Bertz CT molecular complexity index is 692. The Morgan fingerprint density at radius 3 is 2.83 bits per heavy atom. The average molecular weight is 329 g/mol. The highest BCUT2D eigenvalue weighted by atomic mass is 32.1. The maximum Gasteiger partial charge on any atom is 0.331 e. The fraction of sp³-hybridized carbons (Fsp3) is 0.222. The van der Waals surface area contributed by atoms with Crippen LogP contribution >= 0.6 is 11.3 Å². The zero-order valence-corrected chi connectivity index (χ0v) is 13.9. The molecule has 0 spiro atoms. The molecule has 1 aromatic carbocycles. The van der Waals surface area contributed by atoms with Crippen LogP contribution in [0.15, 0.2) is 47.9 Å². The minimum Gasteiger partial charge on any atom is -0.449 e. The predicted molar refractivity (Wildman–Crippen MR) is 91.9 cm³/mol. The van der Waals surface area contributed by atoms with Crippen molar-refractivity contribution in [1.82, 2.24) is 5.32 Å². The van der Waals surface area contributed by atoms with Crippen molar-refractivity contribution in [3.05, 3.63) is 63.9 Å². The van der Waals surface area contributed by atoms with E-state index in [-0.39, 0.29) is 5.91 Å². The maximum absolute atomic E-state index is 11.9. The Morgan fingerprint density at radius 2 is 2.13 bits per heavy atom. The van der Waals surface area contributed by atoms with Crippen molar-refractivity contribution < 1.29 is 14.3 Å². The summed E-state index contributed by atoms with van der Waals surface area (Å²) in [5, 5.41) is 4.69. The second-order valence-electron chi connectivity index (χ2n) is 5.12. The highest BCUT2D eigenvalue weighted by molar-refractivity contribution is 7.09. The zero-order chi connectivity index (χ0) is 16.7. The zero-order valence-electron chi connectivity index (χ0n) is 13.1. The van der Waals surface area contributed by atoms with E-state index in [1.807, 2.05) is 48.7 Å². The van der Waals surface area contributed by atoms with Gasteiger partial charge in [0.2, 0.25) is 0 Å². The smallest absolute Gasteiger partial charge is 0.331 e. The van der Waals surface area contributed by atoms with Crippen LogP contribution in [0.25, 0.3) is 6.08 Å². The van der Waals surface area contributed by atoms with E-state index in [4.69, 9.17) is 4.74 Å². The van der Waals surface area contributed by atoms with Gasteiger partial charge in [-0.1, -0.05) is 35.9 Å². The standard InChI is InChI=1S/C18H19NO3S/c1-13-5-3-6-15(11-13)8-9-17(20)22-14(2)18(21)19-12-16-7-4-10-23-16/h3-11,14H,12H2,1-2H3,(H,19,21)/b9-8+/t14-/m1/s1. The van der Waals surface area contributed by atoms with Gasteiger partial charge in [-0.25, -0.2) is 4.79 Å². The van der Waals surface area contributed by atoms with Gasteiger partial charge >= 0.3 is 5.97 Å². The molecule has 1 atom stereocenters. The van der Waals surface area contributed by atoms with Crippen LogP contribution in [0.2, 0.25) is 0 Å². The summed E-state index contributed by atoms with van der Waals surface area (Å²) in [5.41, 5.74) is 2.03. The van der Waals surface area contributed by atoms with Crippen LogP contribution in [-0.2, 0) is 20.9 Å². The molecule has 0 saturated carbocycles. The Labute approximate surface area is 139 Å². The van der Waals surface area contributed by atoms with E-state index in [2.05, 4.69) is 5.32 Å². The van der Waals surface area contributed by atoms with E-state index < -0.39 is 12.1 Å². The number of hydrogen-bond acceptors (Lipinski definition) is 4. The summed E-state index contributed by atoms with van der Waals surface area (Å²) >= 11 is 1.56. The van der Waals surface area contributed by atoms with E-state index >= 15 is 0 Å². The molecule has 2 rings (SSSR count). The third-order valence-corrected chi connectivity index (χ3v) is 4.01. The molecule has 2 aromatic rings. The van der Waals surface area contributed by atoms with Crippen molar-refractivity contribution in [2.75, 3.05) is 0 Å². The molecule has 0 fully saturated rings. The van der Waals surface area contributed by atoms with Gasteiger partial charge in [0, 0.05) is 11.0 Å². The molecule has 0 aliphatic carbocycles. The third kappa shape index (κ3) is 5.71. The quantitative estimate of drug-likeness (QED) is 0.653. The lowest BCUT2D eigenvalue weighted by Gasteiger charge is -2.11. The van der Waals surface area contributed by atoms with Gasteiger partial charge in [-0.3, -0.25) is 4.79 Å². The summed E-state index contributed by atoms with van der Waals surface area (Å²) in [6.45, 7) is 3.98. The van der Waals surface area contributed by atoms with Crippen molar-refractivity contribution in [1.29, 1.82) is 0 Å². The van der Waals surface area contributed by atoms with Crippen LogP contribution in [0.5, 0.6) is 0 Å². The summed E-state index contributed by atoms with van der Waals surface area (Å²) in [4.78, 5) is 24.7. The Kier molecular flexibility index (Phi) is 6.11. The maximum atomic E-state index is 11.9. The largest absolute Gasteiger partial charge is 0.449 e. The number of benzene rings is 1. The Hall–Kier alpha value is -2.40. The topological polar surface area (TPSA) is 55.4 Å². The van der Waals surface area contributed by atoms with E-state index in [1.54, 1.807) is 24.3 Å². The Morgan fingerprint density at radius 1 is 1.30 bits per heavy atom. The number of rotatable bonds is 6. The van der Waals surface area contributed by atoms with Crippen LogP contribution in [0, 0.1) is 6.92 Å². The van der Waals surface area contributed by atoms with E-state index in [9.17, 15) is 9.59 Å². The molecule has 0 unspecified atom stereocenters. The summed E-state index contributed by atoms with van der Waals surface area (Å²) in [6.07, 6.45) is 2.17. The molecular weight excluding hydrogens is 310 g/mol.